The second-order valence-corrected chi connectivity index (χ2v) is 11.7. The molecule has 2 aromatic carbocycles. The minimum Gasteiger partial charge on any atom is -0.480 e. The van der Waals surface area contributed by atoms with Crippen LogP contribution in [0.4, 0.5) is 5.82 Å². The van der Waals surface area contributed by atoms with Gasteiger partial charge in [0, 0.05) is 30.2 Å². The molecule has 0 aliphatic carbocycles. The van der Waals surface area contributed by atoms with E-state index in [1.807, 2.05) is 29.8 Å². The van der Waals surface area contributed by atoms with Crippen LogP contribution >= 0.6 is 0 Å². The van der Waals surface area contributed by atoms with Gasteiger partial charge in [-0.15, -0.1) is 0 Å². The van der Waals surface area contributed by atoms with E-state index < -0.39 is 34.5 Å². The van der Waals surface area contributed by atoms with E-state index in [0.29, 0.717) is 23.2 Å². The van der Waals surface area contributed by atoms with Crippen molar-refractivity contribution in [1.82, 2.24) is 24.8 Å². The normalized spacial score (nSPS) is 13.1. The Morgan fingerprint density at radius 3 is 2.44 bits per heavy atom. The number of nitrogens with one attached hydrogen (secondary N) is 3. The highest BCUT2D eigenvalue weighted by atomic mass is 32.2. The maximum Gasteiger partial charge on any atom is 0.323 e. The van der Waals surface area contributed by atoms with Crippen molar-refractivity contribution in [3.05, 3.63) is 83.2 Å². The summed E-state index contributed by atoms with van der Waals surface area (Å²) in [7, 11) is -4.15. The van der Waals surface area contributed by atoms with E-state index >= 15 is 0 Å². The molecule has 0 spiro atoms. The maximum atomic E-state index is 13.1. The number of hydrogen-bond donors (Lipinski definition) is 4. The van der Waals surface area contributed by atoms with E-state index in [4.69, 9.17) is 0 Å². The van der Waals surface area contributed by atoms with Gasteiger partial charge in [0.05, 0.1) is 22.7 Å². The number of carbonyl (C=O) groups is 2. The number of nitrogens with zero attached hydrogens (tertiary/aromatic N) is 3. The molecule has 0 radical (unpaired) electrons. The van der Waals surface area contributed by atoms with Gasteiger partial charge in [0.15, 0.2) is 0 Å². The molecule has 2 atom stereocenters. The lowest BCUT2D eigenvalue weighted by molar-refractivity contribution is -0.138. The molecule has 2 aromatic heterocycles. The van der Waals surface area contributed by atoms with Gasteiger partial charge in [-0.3, -0.25) is 14.3 Å². The van der Waals surface area contributed by atoms with E-state index in [0.717, 1.165) is 28.7 Å². The number of anilines is 1. The predicted octanol–water partition coefficient (Wildman–Crippen LogP) is 3.58. The highest BCUT2D eigenvalue weighted by molar-refractivity contribution is 7.89. The van der Waals surface area contributed by atoms with Gasteiger partial charge in [0.1, 0.15) is 11.9 Å². The molecular formula is C29H34N6O5S. The van der Waals surface area contributed by atoms with Crippen LogP contribution in [0.1, 0.15) is 46.4 Å². The van der Waals surface area contributed by atoms with Gasteiger partial charge in [0.25, 0.3) is 5.91 Å². The zero-order chi connectivity index (χ0) is 29.7. The summed E-state index contributed by atoms with van der Waals surface area (Å²) >= 11 is 0. The summed E-state index contributed by atoms with van der Waals surface area (Å²) in [6.45, 7) is 7.49. The summed E-state index contributed by atoms with van der Waals surface area (Å²) in [5.74, 6) is -1.13. The second-order valence-electron chi connectivity index (χ2n) is 10.1. The summed E-state index contributed by atoms with van der Waals surface area (Å²) in [4.78, 5) is 29.1. The topological polar surface area (TPSA) is 155 Å². The SMILES string of the molecule is Cc1cc(C)c(S(=O)(=O)N[C@@H](CNC(=O)c2ccc3c(cnn3C(C)CCNc3ccccn3)c2)C(=O)O)c(C)c1. The van der Waals surface area contributed by atoms with Crippen LogP contribution < -0.4 is 15.4 Å². The number of pyridine rings is 1. The lowest BCUT2D eigenvalue weighted by Crippen LogP contribution is -2.48. The molecule has 11 nitrogen and oxygen atoms in total. The summed E-state index contributed by atoms with van der Waals surface area (Å²) in [5.41, 5.74) is 3.08. The largest absolute Gasteiger partial charge is 0.480 e. The maximum absolute atomic E-state index is 13.1. The van der Waals surface area contributed by atoms with Crippen LogP contribution in [0, 0.1) is 20.8 Å². The van der Waals surface area contributed by atoms with Gasteiger partial charge in [-0.2, -0.15) is 9.82 Å². The van der Waals surface area contributed by atoms with E-state index in [1.54, 1.807) is 56.6 Å². The van der Waals surface area contributed by atoms with E-state index in [9.17, 15) is 23.1 Å². The minimum atomic E-state index is -4.15. The number of rotatable bonds is 12. The Hall–Kier alpha value is -4.29. The molecule has 0 saturated heterocycles. The first-order valence-corrected chi connectivity index (χ1v) is 14.7. The quantitative estimate of drug-likeness (QED) is 0.199. The number of benzene rings is 2. The standard InChI is InChI=1S/C29H34N6O5S/c1-18-13-19(2)27(20(3)14-18)41(39,40)34-24(29(37)38)17-32-28(36)22-8-9-25-23(15-22)16-33-35(25)21(4)10-12-31-26-7-5-6-11-30-26/h5-9,11,13-16,21,24,34H,10,12,17H2,1-4H3,(H,30,31)(H,32,36)(H,37,38)/t21?,24-/m0/s1. The zero-order valence-electron chi connectivity index (χ0n) is 23.4. The zero-order valence-corrected chi connectivity index (χ0v) is 24.2. The van der Waals surface area contributed by atoms with Crippen LogP contribution in [0.2, 0.25) is 0 Å². The van der Waals surface area contributed by atoms with Crippen LogP contribution in [0.3, 0.4) is 0 Å². The molecule has 0 aliphatic rings. The summed E-state index contributed by atoms with van der Waals surface area (Å²) in [5, 5.41) is 20.7. The fourth-order valence-electron chi connectivity index (χ4n) is 4.86. The van der Waals surface area contributed by atoms with Gasteiger partial charge in [-0.25, -0.2) is 13.4 Å². The summed E-state index contributed by atoms with van der Waals surface area (Å²) in [6.07, 6.45) is 4.20. The van der Waals surface area contributed by atoms with E-state index in [2.05, 4.69) is 32.4 Å². The Kier molecular flexibility index (Phi) is 9.04. The molecule has 4 N–H and O–H groups in total. The van der Waals surface area contributed by atoms with Crippen LogP contribution in [-0.2, 0) is 14.8 Å². The molecule has 1 amide bonds. The van der Waals surface area contributed by atoms with Crippen LogP contribution in [0.5, 0.6) is 0 Å². The molecule has 4 rings (SSSR count). The van der Waals surface area contributed by atoms with Crippen molar-refractivity contribution >= 4 is 38.6 Å². The summed E-state index contributed by atoms with van der Waals surface area (Å²) in [6, 6.07) is 12.7. The Labute approximate surface area is 239 Å². The number of aryl methyl sites for hydroxylation is 3. The molecule has 1 unspecified atom stereocenters. The number of sulfonamides is 1. The van der Waals surface area contributed by atoms with Crippen molar-refractivity contribution < 1.29 is 23.1 Å². The average molecular weight is 579 g/mol. The van der Waals surface area contributed by atoms with Crippen molar-refractivity contribution in [2.24, 2.45) is 0 Å². The number of carboxylic acid groups (broad SMARTS) is 1. The Bertz CT molecular complexity index is 1650. The van der Waals surface area contributed by atoms with Crippen molar-refractivity contribution in [3.63, 3.8) is 0 Å². The summed E-state index contributed by atoms with van der Waals surface area (Å²) < 4.78 is 30.2. The first-order valence-electron chi connectivity index (χ1n) is 13.2. The minimum absolute atomic E-state index is 0.0323. The van der Waals surface area contributed by atoms with Gasteiger partial charge in [-0.05, 0) is 75.6 Å². The highest BCUT2D eigenvalue weighted by Crippen LogP contribution is 2.23. The number of hydrogen-bond acceptors (Lipinski definition) is 7. The lowest BCUT2D eigenvalue weighted by Gasteiger charge is -2.18. The van der Waals surface area contributed by atoms with Crippen LogP contribution in [-0.4, -0.2) is 59.3 Å². The van der Waals surface area contributed by atoms with Crippen molar-refractivity contribution in [2.75, 3.05) is 18.4 Å². The van der Waals surface area contributed by atoms with Gasteiger partial charge >= 0.3 is 5.97 Å². The van der Waals surface area contributed by atoms with E-state index in [-0.39, 0.29) is 10.9 Å². The van der Waals surface area contributed by atoms with Crippen LogP contribution in [0.15, 0.2) is 65.8 Å². The first kappa shape index (κ1) is 29.7. The molecule has 0 fully saturated rings. The van der Waals surface area contributed by atoms with Gasteiger partial charge in [-0.1, -0.05) is 23.8 Å². The third-order valence-electron chi connectivity index (χ3n) is 6.74. The Balaban J connectivity index is 1.40. The number of aromatic nitrogens is 3. The van der Waals surface area contributed by atoms with Gasteiger partial charge < -0.3 is 15.7 Å². The predicted molar refractivity (Wildman–Crippen MR) is 157 cm³/mol. The highest BCUT2D eigenvalue weighted by Gasteiger charge is 2.28. The second kappa shape index (κ2) is 12.5. The first-order chi connectivity index (χ1) is 19.5. The molecule has 0 bridgehead atoms. The molecule has 12 heteroatoms. The van der Waals surface area contributed by atoms with Crippen molar-refractivity contribution in [2.45, 2.75) is 51.1 Å². The van der Waals surface area contributed by atoms with E-state index in [1.165, 1.54) is 0 Å². The number of aliphatic carboxylic acids is 1. The molecule has 0 saturated carbocycles. The fraction of sp³-hybridized carbons (Fsp3) is 0.310. The Morgan fingerprint density at radius 2 is 1.78 bits per heavy atom. The van der Waals surface area contributed by atoms with Crippen LogP contribution in [0.25, 0.3) is 10.9 Å². The fourth-order valence-corrected chi connectivity index (χ4v) is 6.50. The number of fused-ring (bicyclic) bond motifs is 1. The lowest BCUT2D eigenvalue weighted by atomic mass is 10.1. The molecular weight excluding hydrogens is 544 g/mol. The smallest absolute Gasteiger partial charge is 0.323 e. The van der Waals surface area contributed by atoms with Crippen molar-refractivity contribution in [3.8, 4) is 0 Å². The number of carbonyl (C=O) groups excluding carboxylic acids is 1. The molecule has 0 aliphatic heterocycles. The van der Waals surface area contributed by atoms with Gasteiger partial charge in [0.2, 0.25) is 10.0 Å². The molecule has 4 aromatic rings. The third-order valence-corrected chi connectivity index (χ3v) is 8.52. The molecule has 216 valence electrons. The number of amides is 1. The number of carboxylic acids is 1. The molecule has 2 heterocycles. The van der Waals surface area contributed by atoms with Crippen molar-refractivity contribution in [1.29, 1.82) is 0 Å². The average Bonchev–Trinajstić information content (AvgIpc) is 3.34. The molecule has 41 heavy (non-hydrogen) atoms. The Morgan fingerprint density at radius 1 is 1.05 bits per heavy atom. The third kappa shape index (κ3) is 7.08. The monoisotopic (exact) mass is 578 g/mol.